The van der Waals surface area contributed by atoms with Gasteiger partial charge in [0.05, 0.1) is 13.2 Å². The molecule has 0 N–H and O–H groups in total. The van der Waals surface area contributed by atoms with Crippen LogP contribution in [0.15, 0.2) is 12.2 Å². The molecule has 0 aliphatic heterocycles. The van der Waals surface area contributed by atoms with Crippen molar-refractivity contribution in [2.45, 2.75) is 13.3 Å². The number of hydrogen-bond donors (Lipinski definition) is 0. The van der Waals surface area contributed by atoms with Crippen LogP contribution in [0.4, 0.5) is 0 Å². The lowest BCUT2D eigenvalue weighted by Crippen LogP contribution is -1.95. The first kappa shape index (κ1) is 8.26. The molecule has 0 atom stereocenters. The van der Waals surface area contributed by atoms with E-state index in [0.29, 0.717) is 19.6 Å². The summed E-state index contributed by atoms with van der Waals surface area (Å²) in [6.45, 7) is 6.87. The van der Waals surface area contributed by atoms with Gasteiger partial charge < -0.3 is 4.74 Å². The summed E-state index contributed by atoms with van der Waals surface area (Å²) in [5, 5.41) is 0. The third-order valence-corrected chi connectivity index (χ3v) is 0.739. The summed E-state index contributed by atoms with van der Waals surface area (Å²) in [5.74, 6) is 2.49. The molecule has 0 amide bonds. The Kier molecular flexibility index (Phi) is 4.95. The normalized spacial score (nSPS) is 8.44. The van der Waals surface area contributed by atoms with Crippen LogP contribution in [-0.4, -0.2) is 13.2 Å². The highest BCUT2D eigenvalue weighted by molar-refractivity contribution is 4.88. The van der Waals surface area contributed by atoms with Gasteiger partial charge in [-0.2, -0.15) is 0 Å². The van der Waals surface area contributed by atoms with Crippen molar-refractivity contribution in [2.24, 2.45) is 0 Å². The Balaban J connectivity index is 2.94. The molecule has 1 nitrogen and oxygen atoms in total. The van der Waals surface area contributed by atoms with E-state index in [9.17, 15) is 0 Å². The van der Waals surface area contributed by atoms with E-state index in [1.807, 2.05) is 6.92 Å². The predicted octanol–water partition coefficient (Wildman–Crippen LogP) is 1.60. The van der Waals surface area contributed by atoms with Gasteiger partial charge in [0.25, 0.3) is 0 Å². The van der Waals surface area contributed by atoms with Gasteiger partial charge in [-0.1, -0.05) is 12.2 Å². The number of hydrogen-bond acceptors (Lipinski definition) is 1. The van der Waals surface area contributed by atoms with Crippen LogP contribution in [-0.2, 0) is 4.74 Å². The summed E-state index contributed by atoms with van der Waals surface area (Å²) in [6, 6.07) is 0. The summed E-state index contributed by atoms with van der Waals surface area (Å²) < 4.78 is 5.09. The lowest BCUT2D eigenvalue weighted by atomic mass is 10.4. The van der Waals surface area contributed by atoms with E-state index >= 15 is 0 Å². The first-order valence-electron chi connectivity index (χ1n) is 2.93. The van der Waals surface area contributed by atoms with Crippen LogP contribution in [0.3, 0.4) is 0 Å². The first-order valence-corrected chi connectivity index (χ1v) is 2.93. The maximum Gasteiger partial charge on any atom is 0.0671 e. The summed E-state index contributed by atoms with van der Waals surface area (Å²) in [6.07, 6.45) is 5.68. The Hall–Kier alpha value is -0.740. The molecule has 0 aromatic heterocycles. The topological polar surface area (TPSA) is 9.23 Å². The first-order chi connectivity index (χ1) is 4.27. The highest BCUT2D eigenvalue weighted by atomic mass is 16.5. The van der Waals surface area contributed by atoms with Gasteiger partial charge in [-0.3, -0.25) is 0 Å². The quantitative estimate of drug-likeness (QED) is 0.314. The van der Waals surface area contributed by atoms with Crippen LogP contribution < -0.4 is 0 Å². The maximum atomic E-state index is 5.09. The van der Waals surface area contributed by atoms with E-state index in [4.69, 9.17) is 11.2 Å². The van der Waals surface area contributed by atoms with E-state index in [0.717, 1.165) is 5.57 Å². The fraction of sp³-hybridized carbons (Fsp3) is 0.500. The molecule has 1 heteroatoms. The van der Waals surface area contributed by atoms with Crippen molar-refractivity contribution in [3.8, 4) is 12.3 Å². The Bertz CT molecular complexity index is 119. The van der Waals surface area contributed by atoms with Crippen LogP contribution in [0.5, 0.6) is 0 Å². The predicted molar refractivity (Wildman–Crippen MR) is 39.1 cm³/mol. The molecule has 0 aromatic carbocycles. The van der Waals surface area contributed by atoms with Gasteiger partial charge in [0.1, 0.15) is 0 Å². The van der Waals surface area contributed by atoms with Gasteiger partial charge in [0, 0.05) is 6.42 Å². The summed E-state index contributed by atoms with van der Waals surface area (Å²) in [7, 11) is 0. The third-order valence-electron chi connectivity index (χ3n) is 0.739. The minimum atomic E-state index is 0.627. The van der Waals surface area contributed by atoms with Gasteiger partial charge in [-0.05, 0) is 6.92 Å². The standard InChI is InChI=1S/C8H12O/c1-4-5-6-9-7-8(2)3/h1H,2,5-7H2,3H3. The van der Waals surface area contributed by atoms with Crippen molar-refractivity contribution in [3.63, 3.8) is 0 Å². The lowest BCUT2D eigenvalue weighted by Gasteiger charge is -1.98. The second-order valence-electron chi connectivity index (χ2n) is 1.96. The van der Waals surface area contributed by atoms with Crippen molar-refractivity contribution < 1.29 is 4.74 Å². The molecule has 0 heterocycles. The molecule has 50 valence electrons. The Morgan fingerprint density at radius 3 is 2.89 bits per heavy atom. The van der Waals surface area contributed by atoms with Crippen LogP contribution in [0.25, 0.3) is 0 Å². The van der Waals surface area contributed by atoms with Gasteiger partial charge in [0.15, 0.2) is 0 Å². The van der Waals surface area contributed by atoms with Crippen molar-refractivity contribution >= 4 is 0 Å². The molecule has 0 saturated heterocycles. The van der Waals surface area contributed by atoms with Gasteiger partial charge in [0.2, 0.25) is 0 Å². The second kappa shape index (κ2) is 5.40. The summed E-state index contributed by atoms with van der Waals surface area (Å²) >= 11 is 0. The highest BCUT2D eigenvalue weighted by Gasteiger charge is 1.84. The molecule has 0 radical (unpaired) electrons. The lowest BCUT2D eigenvalue weighted by molar-refractivity contribution is 0.163. The number of ether oxygens (including phenoxy) is 1. The molecule has 0 aromatic rings. The molecular weight excluding hydrogens is 112 g/mol. The minimum absolute atomic E-state index is 0.627. The average Bonchev–Trinajstić information content (AvgIpc) is 1.80. The molecule has 0 fully saturated rings. The van der Waals surface area contributed by atoms with Crippen LogP contribution in [0.1, 0.15) is 13.3 Å². The fourth-order valence-corrected chi connectivity index (χ4v) is 0.377. The second-order valence-corrected chi connectivity index (χ2v) is 1.96. The van der Waals surface area contributed by atoms with Crippen molar-refractivity contribution in [1.82, 2.24) is 0 Å². The smallest absolute Gasteiger partial charge is 0.0671 e. The zero-order valence-corrected chi connectivity index (χ0v) is 5.81. The Morgan fingerprint density at radius 1 is 1.78 bits per heavy atom. The third kappa shape index (κ3) is 7.26. The molecular formula is C8H12O. The largest absolute Gasteiger partial charge is 0.376 e. The van der Waals surface area contributed by atoms with Crippen molar-refractivity contribution in [2.75, 3.05) is 13.2 Å². The zero-order chi connectivity index (χ0) is 7.11. The maximum absolute atomic E-state index is 5.09. The molecule has 0 bridgehead atoms. The molecule has 0 aliphatic rings. The van der Waals surface area contributed by atoms with Crippen molar-refractivity contribution in [1.29, 1.82) is 0 Å². The molecule has 0 spiro atoms. The van der Waals surface area contributed by atoms with E-state index in [2.05, 4.69) is 12.5 Å². The van der Waals surface area contributed by atoms with E-state index in [1.54, 1.807) is 0 Å². The van der Waals surface area contributed by atoms with E-state index < -0.39 is 0 Å². The molecule has 0 unspecified atom stereocenters. The molecule has 9 heavy (non-hydrogen) atoms. The van der Waals surface area contributed by atoms with Crippen LogP contribution >= 0.6 is 0 Å². The van der Waals surface area contributed by atoms with Crippen molar-refractivity contribution in [3.05, 3.63) is 12.2 Å². The SMILES string of the molecule is C#CCCOCC(=C)C. The highest BCUT2D eigenvalue weighted by Crippen LogP contribution is 1.88. The molecule has 0 aliphatic carbocycles. The van der Waals surface area contributed by atoms with Crippen LogP contribution in [0, 0.1) is 12.3 Å². The molecule has 0 saturated carbocycles. The van der Waals surface area contributed by atoms with Gasteiger partial charge >= 0.3 is 0 Å². The van der Waals surface area contributed by atoms with Crippen LogP contribution in [0.2, 0.25) is 0 Å². The number of terminal acetylenes is 1. The average molecular weight is 124 g/mol. The Morgan fingerprint density at radius 2 is 2.44 bits per heavy atom. The van der Waals surface area contributed by atoms with Gasteiger partial charge in [-0.25, -0.2) is 0 Å². The minimum Gasteiger partial charge on any atom is -0.376 e. The monoisotopic (exact) mass is 124 g/mol. The molecule has 0 rings (SSSR count). The summed E-state index contributed by atoms with van der Waals surface area (Å²) in [5.41, 5.74) is 1.03. The zero-order valence-electron chi connectivity index (χ0n) is 5.81. The van der Waals surface area contributed by atoms with E-state index in [-0.39, 0.29) is 0 Å². The summed E-state index contributed by atoms with van der Waals surface area (Å²) in [4.78, 5) is 0. The Labute approximate surface area is 56.7 Å². The number of rotatable bonds is 4. The van der Waals surface area contributed by atoms with Gasteiger partial charge in [-0.15, -0.1) is 12.3 Å². The fourth-order valence-electron chi connectivity index (χ4n) is 0.377. The van der Waals surface area contributed by atoms with E-state index in [1.165, 1.54) is 0 Å².